The molecular weight excluding hydrogens is 442 g/mol. The van der Waals surface area contributed by atoms with Crippen LogP contribution in [0.3, 0.4) is 0 Å². The van der Waals surface area contributed by atoms with Crippen LogP contribution >= 0.6 is 0 Å². The number of carboxylic acid groups (broad SMARTS) is 2. The van der Waals surface area contributed by atoms with Crippen LogP contribution in [-0.4, -0.2) is 81.2 Å². The molecule has 0 aliphatic rings. The number of hydrogen-bond donors (Lipinski definition) is 8. The third kappa shape index (κ3) is 11.8. The molecule has 0 heterocycles. The van der Waals surface area contributed by atoms with Crippen molar-refractivity contribution < 1.29 is 44.1 Å². The summed E-state index contributed by atoms with van der Waals surface area (Å²) in [5, 5.41) is 34.8. The Kier molecular flexibility index (Phi) is 12.6. The van der Waals surface area contributed by atoms with Gasteiger partial charge in [-0.3, -0.25) is 24.0 Å². The molecule has 33 heavy (non-hydrogen) atoms. The molecule has 0 unspecified atom stereocenters. The van der Waals surface area contributed by atoms with Gasteiger partial charge in [0.15, 0.2) is 0 Å². The third-order valence-electron chi connectivity index (χ3n) is 4.42. The molecule has 0 saturated carbocycles. The van der Waals surface area contributed by atoms with Gasteiger partial charge >= 0.3 is 11.9 Å². The molecule has 0 saturated heterocycles. The first kappa shape index (κ1) is 29.7. The summed E-state index contributed by atoms with van der Waals surface area (Å²) in [7, 11) is 0. The van der Waals surface area contributed by atoms with Gasteiger partial charge in [0.25, 0.3) is 0 Å². The molecule has 0 aromatic carbocycles. The highest BCUT2D eigenvalue weighted by Gasteiger charge is 2.33. The number of carboxylic acids is 2. The highest BCUT2D eigenvalue weighted by atomic mass is 16.4. The Balaban J connectivity index is 5.52. The molecule has 0 bridgehead atoms. The molecule has 4 amide bonds. The molecule has 0 radical (unpaired) electrons. The maximum atomic E-state index is 12.7. The highest BCUT2D eigenvalue weighted by molar-refractivity contribution is 5.95. The van der Waals surface area contributed by atoms with E-state index < -0.39 is 78.7 Å². The Morgan fingerprint density at radius 2 is 1.39 bits per heavy atom. The van der Waals surface area contributed by atoms with Crippen molar-refractivity contribution >= 4 is 35.6 Å². The van der Waals surface area contributed by atoms with E-state index in [4.69, 9.17) is 16.6 Å². The summed E-state index contributed by atoms with van der Waals surface area (Å²) in [6, 6.07) is -5.75. The average Bonchev–Trinajstić information content (AvgIpc) is 2.66. The predicted octanol–water partition coefficient (Wildman–Crippen LogP) is -2.98. The first-order valence-corrected chi connectivity index (χ1v) is 10.2. The number of carbonyl (C=O) groups is 6. The van der Waals surface area contributed by atoms with Gasteiger partial charge in [0.2, 0.25) is 23.6 Å². The fraction of sp³-hybridized carbons (Fsp3) is 0.684. The first-order chi connectivity index (χ1) is 15.1. The summed E-state index contributed by atoms with van der Waals surface area (Å²) in [5.74, 6) is -6.49. The SMILES string of the molecule is CC(C)C[C@H](NC(=O)[C@H](CCC(=O)O)NC(=O)[C@@H](NC(=O)[C@@H](N)CC(N)=O)[C@@H](C)O)C(=O)O. The van der Waals surface area contributed by atoms with Crippen LogP contribution in [0, 0.1) is 5.92 Å². The number of nitrogens with one attached hydrogen (secondary N) is 3. The van der Waals surface area contributed by atoms with Crippen molar-refractivity contribution in [3.63, 3.8) is 0 Å². The normalized spacial score (nSPS) is 15.5. The van der Waals surface area contributed by atoms with E-state index >= 15 is 0 Å². The van der Waals surface area contributed by atoms with Crippen LogP contribution in [0.5, 0.6) is 0 Å². The van der Waals surface area contributed by atoms with Gasteiger partial charge in [-0.15, -0.1) is 0 Å². The number of aliphatic hydroxyl groups excluding tert-OH is 1. The zero-order valence-corrected chi connectivity index (χ0v) is 18.7. The number of primary amides is 1. The zero-order valence-electron chi connectivity index (χ0n) is 18.7. The lowest BCUT2D eigenvalue weighted by Gasteiger charge is -2.26. The van der Waals surface area contributed by atoms with E-state index in [1.807, 2.05) is 0 Å². The van der Waals surface area contributed by atoms with Crippen LogP contribution in [0.15, 0.2) is 0 Å². The first-order valence-electron chi connectivity index (χ1n) is 10.2. The van der Waals surface area contributed by atoms with Crippen LogP contribution in [0.2, 0.25) is 0 Å². The average molecular weight is 475 g/mol. The summed E-state index contributed by atoms with van der Waals surface area (Å²) >= 11 is 0. The molecule has 14 heteroatoms. The Hall–Kier alpha value is -3.26. The third-order valence-corrected chi connectivity index (χ3v) is 4.42. The van der Waals surface area contributed by atoms with Gasteiger partial charge in [-0.25, -0.2) is 4.79 Å². The molecule has 0 aliphatic heterocycles. The largest absolute Gasteiger partial charge is 0.481 e. The van der Waals surface area contributed by atoms with Crippen molar-refractivity contribution in [3.05, 3.63) is 0 Å². The summed E-state index contributed by atoms with van der Waals surface area (Å²) in [5.41, 5.74) is 10.5. The molecule has 0 rings (SSSR count). The molecule has 0 spiro atoms. The Morgan fingerprint density at radius 3 is 1.82 bits per heavy atom. The number of rotatable bonds is 15. The maximum absolute atomic E-state index is 12.7. The van der Waals surface area contributed by atoms with Gasteiger partial charge in [-0.05, 0) is 25.7 Å². The molecule has 14 nitrogen and oxygen atoms in total. The Labute approximate surface area is 190 Å². The number of aliphatic carboxylic acids is 2. The van der Waals surface area contributed by atoms with Gasteiger partial charge in [0.05, 0.1) is 18.6 Å². The van der Waals surface area contributed by atoms with Gasteiger partial charge in [0, 0.05) is 6.42 Å². The number of nitrogens with two attached hydrogens (primary N) is 2. The molecule has 0 fully saturated rings. The van der Waals surface area contributed by atoms with Crippen LogP contribution in [0.1, 0.15) is 46.5 Å². The van der Waals surface area contributed by atoms with Crippen molar-refractivity contribution in [2.24, 2.45) is 17.4 Å². The minimum absolute atomic E-state index is 0.0853. The molecule has 0 aliphatic carbocycles. The number of carbonyl (C=O) groups excluding carboxylic acids is 4. The number of aliphatic hydroxyl groups is 1. The van der Waals surface area contributed by atoms with E-state index in [2.05, 4.69) is 16.0 Å². The smallest absolute Gasteiger partial charge is 0.326 e. The van der Waals surface area contributed by atoms with Crippen LogP contribution in [0.4, 0.5) is 0 Å². The van der Waals surface area contributed by atoms with Crippen LogP contribution < -0.4 is 27.4 Å². The summed E-state index contributed by atoms with van der Waals surface area (Å²) in [6.07, 6.45) is -2.82. The van der Waals surface area contributed by atoms with E-state index in [0.29, 0.717) is 0 Å². The highest BCUT2D eigenvalue weighted by Crippen LogP contribution is 2.07. The predicted molar refractivity (Wildman–Crippen MR) is 113 cm³/mol. The van der Waals surface area contributed by atoms with Crippen molar-refractivity contribution in [1.82, 2.24) is 16.0 Å². The molecular formula is C19H33N5O9. The van der Waals surface area contributed by atoms with Crippen molar-refractivity contribution in [2.75, 3.05) is 0 Å². The zero-order chi connectivity index (χ0) is 25.9. The van der Waals surface area contributed by atoms with E-state index in [-0.39, 0.29) is 18.8 Å². The number of hydrogen-bond acceptors (Lipinski definition) is 8. The lowest BCUT2D eigenvalue weighted by atomic mass is 10.0. The Morgan fingerprint density at radius 1 is 0.848 bits per heavy atom. The molecule has 5 atom stereocenters. The van der Waals surface area contributed by atoms with Crippen molar-refractivity contribution in [1.29, 1.82) is 0 Å². The summed E-state index contributed by atoms with van der Waals surface area (Å²) < 4.78 is 0. The fourth-order valence-electron chi connectivity index (χ4n) is 2.74. The van der Waals surface area contributed by atoms with E-state index in [9.17, 15) is 39.0 Å². The van der Waals surface area contributed by atoms with Crippen molar-refractivity contribution in [2.45, 2.75) is 76.7 Å². The summed E-state index contributed by atoms with van der Waals surface area (Å²) in [4.78, 5) is 70.7. The van der Waals surface area contributed by atoms with Crippen LogP contribution in [-0.2, 0) is 28.8 Å². The maximum Gasteiger partial charge on any atom is 0.326 e. The van der Waals surface area contributed by atoms with E-state index in [1.165, 1.54) is 6.92 Å². The second-order valence-corrected chi connectivity index (χ2v) is 8.03. The van der Waals surface area contributed by atoms with E-state index in [1.54, 1.807) is 13.8 Å². The van der Waals surface area contributed by atoms with Gasteiger partial charge in [-0.2, -0.15) is 0 Å². The fourth-order valence-corrected chi connectivity index (χ4v) is 2.74. The number of amides is 4. The second-order valence-electron chi connectivity index (χ2n) is 8.03. The van der Waals surface area contributed by atoms with Crippen LogP contribution in [0.25, 0.3) is 0 Å². The minimum Gasteiger partial charge on any atom is -0.481 e. The second kappa shape index (κ2) is 14.0. The summed E-state index contributed by atoms with van der Waals surface area (Å²) in [6.45, 7) is 4.65. The van der Waals surface area contributed by atoms with Gasteiger partial charge < -0.3 is 42.7 Å². The van der Waals surface area contributed by atoms with Crippen molar-refractivity contribution in [3.8, 4) is 0 Å². The van der Waals surface area contributed by atoms with Gasteiger partial charge in [0.1, 0.15) is 18.1 Å². The topological polar surface area (TPSA) is 251 Å². The monoisotopic (exact) mass is 475 g/mol. The minimum atomic E-state index is -1.61. The Bertz CT molecular complexity index is 741. The van der Waals surface area contributed by atoms with E-state index in [0.717, 1.165) is 0 Å². The molecule has 0 aromatic rings. The molecule has 0 aromatic heterocycles. The lowest BCUT2D eigenvalue weighted by molar-refractivity contribution is -0.143. The standard InChI is InChI=1S/C19H33N5O9/c1-8(2)6-12(19(32)33)23-17(30)11(4-5-14(27)28)22-18(31)15(9(3)25)24-16(29)10(20)7-13(21)26/h8-12,15,25H,4-7,20H2,1-3H3,(H2,21,26)(H,22,31)(H,23,30)(H,24,29)(H,27,28)(H,32,33)/t9-,10+,11+,12+,15+/m1/s1. The molecule has 188 valence electrons. The lowest BCUT2D eigenvalue weighted by Crippen LogP contribution is -2.60. The molecule has 10 N–H and O–H groups in total. The van der Waals surface area contributed by atoms with Gasteiger partial charge in [-0.1, -0.05) is 13.8 Å². The quantitative estimate of drug-likeness (QED) is 0.119.